The van der Waals surface area contributed by atoms with E-state index in [1.165, 1.54) is 12.1 Å². The van der Waals surface area contributed by atoms with Crippen LogP contribution < -0.4 is 5.32 Å². The summed E-state index contributed by atoms with van der Waals surface area (Å²) in [4.78, 5) is 0. The van der Waals surface area contributed by atoms with Crippen LogP contribution in [0.2, 0.25) is 0 Å². The predicted molar refractivity (Wildman–Crippen MR) is 66.3 cm³/mol. The van der Waals surface area contributed by atoms with Crippen molar-refractivity contribution in [3.05, 3.63) is 35.4 Å². The van der Waals surface area contributed by atoms with Crippen LogP contribution in [0, 0.1) is 17.6 Å². The third kappa shape index (κ3) is 3.50. The van der Waals surface area contributed by atoms with E-state index in [9.17, 15) is 8.78 Å². The van der Waals surface area contributed by atoms with Gasteiger partial charge in [0.25, 0.3) is 0 Å². The molecule has 2 nitrogen and oxygen atoms in total. The zero-order valence-electron chi connectivity index (χ0n) is 10.6. The molecule has 0 aromatic heterocycles. The lowest BCUT2D eigenvalue weighted by Gasteiger charge is -2.24. The Morgan fingerprint density at radius 1 is 1.33 bits per heavy atom. The van der Waals surface area contributed by atoms with Crippen molar-refractivity contribution in [2.45, 2.75) is 25.8 Å². The van der Waals surface area contributed by atoms with Crippen LogP contribution in [0.4, 0.5) is 8.78 Å². The van der Waals surface area contributed by atoms with Gasteiger partial charge in [-0.25, -0.2) is 8.78 Å². The molecule has 1 aliphatic rings. The van der Waals surface area contributed by atoms with Crippen molar-refractivity contribution < 1.29 is 13.5 Å². The molecule has 2 rings (SSSR count). The van der Waals surface area contributed by atoms with Gasteiger partial charge in [0.1, 0.15) is 11.6 Å². The van der Waals surface area contributed by atoms with Crippen molar-refractivity contribution in [3.8, 4) is 0 Å². The molecule has 0 spiro atoms. The summed E-state index contributed by atoms with van der Waals surface area (Å²) in [6, 6.07) is 3.40. The Bertz CT molecular complexity index is 391. The molecule has 1 aromatic rings. The highest BCUT2D eigenvalue weighted by atomic mass is 19.1. The second kappa shape index (κ2) is 6.25. The second-order valence-electron chi connectivity index (χ2n) is 4.85. The molecule has 1 fully saturated rings. The van der Waals surface area contributed by atoms with Gasteiger partial charge in [0.15, 0.2) is 0 Å². The smallest absolute Gasteiger partial charge is 0.128 e. The second-order valence-corrected chi connectivity index (χ2v) is 4.85. The molecule has 18 heavy (non-hydrogen) atoms. The molecule has 100 valence electrons. The molecule has 1 heterocycles. The normalized spacial score (nSPS) is 18.8. The van der Waals surface area contributed by atoms with Crippen molar-refractivity contribution >= 4 is 0 Å². The van der Waals surface area contributed by atoms with Gasteiger partial charge in [0.2, 0.25) is 0 Å². The Morgan fingerprint density at radius 2 is 2.06 bits per heavy atom. The maximum Gasteiger partial charge on any atom is 0.128 e. The summed E-state index contributed by atoms with van der Waals surface area (Å²) in [5.41, 5.74) is 0.391. The van der Waals surface area contributed by atoms with Gasteiger partial charge in [0, 0.05) is 24.8 Å². The quantitative estimate of drug-likeness (QED) is 0.893. The molecule has 1 unspecified atom stereocenters. The molecule has 4 heteroatoms. The van der Waals surface area contributed by atoms with Crippen LogP contribution in [0.25, 0.3) is 0 Å². The van der Waals surface area contributed by atoms with Gasteiger partial charge in [-0.1, -0.05) is 0 Å². The fourth-order valence-electron chi connectivity index (χ4n) is 2.25. The van der Waals surface area contributed by atoms with E-state index in [0.29, 0.717) is 11.5 Å². The van der Waals surface area contributed by atoms with Crippen LogP contribution in [0.1, 0.15) is 31.4 Å². The third-order valence-corrected chi connectivity index (χ3v) is 3.48. The highest BCUT2D eigenvalue weighted by molar-refractivity contribution is 5.21. The average Bonchev–Trinajstić information content (AvgIpc) is 2.40. The molecule has 1 aliphatic heterocycles. The van der Waals surface area contributed by atoms with Crippen LogP contribution in [0.5, 0.6) is 0 Å². The molecule has 1 atom stereocenters. The standard InChI is InChI=1S/C14H19F2NO/c1-10(13-8-12(15)2-3-14(13)16)17-9-11-4-6-18-7-5-11/h2-3,8,10-11,17H,4-7,9H2,1H3. The van der Waals surface area contributed by atoms with Crippen LogP contribution in [-0.2, 0) is 4.74 Å². The third-order valence-electron chi connectivity index (χ3n) is 3.48. The van der Waals surface area contributed by atoms with Gasteiger partial charge in [-0.15, -0.1) is 0 Å². The number of hydrogen-bond acceptors (Lipinski definition) is 2. The van der Waals surface area contributed by atoms with Crippen LogP contribution >= 0.6 is 0 Å². The molecule has 1 saturated heterocycles. The number of benzene rings is 1. The summed E-state index contributed by atoms with van der Waals surface area (Å²) < 4.78 is 31.9. The maximum absolute atomic E-state index is 13.6. The van der Waals surface area contributed by atoms with Gasteiger partial charge in [-0.05, 0) is 50.4 Å². The van der Waals surface area contributed by atoms with Crippen LogP contribution in [-0.4, -0.2) is 19.8 Å². The first-order chi connectivity index (χ1) is 8.66. The number of ether oxygens (including phenoxy) is 1. The number of hydrogen-bond donors (Lipinski definition) is 1. The Morgan fingerprint density at radius 3 is 2.78 bits per heavy atom. The molecule has 0 radical (unpaired) electrons. The Balaban J connectivity index is 1.90. The summed E-state index contributed by atoms with van der Waals surface area (Å²) in [6.07, 6.45) is 2.07. The topological polar surface area (TPSA) is 21.3 Å². The lowest BCUT2D eigenvalue weighted by molar-refractivity contribution is 0.0656. The Labute approximate surface area is 106 Å². The lowest BCUT2D eigenvalue weighted by atomic mass is 9.99. The van der Waals surface area contributed by atoms with E-state index in [-0.39, 0.29) is 11.9 Å². The molecule has 0 aliphatic carbocycles. The largest absolute Gasteiger partial charge is 0.381 e. The Kier molecular flexibility index (Phi) is 4.66. The highest BCUT2D eigenvalue weighted by Crippen LogP contribution is 2.20. The van der Waals surface area contributed by atoms with E-state index < -0.39 is 5.82 Å². The first-order valence-corrected chi connectivity index (χ1v) is 6.43. The van der Waals surface area contributed by atoms with Gasteiger partial charge >= 0.3 is 0 Å². The van der Waals surface area contributed by atoms with E-state index in [4.69, 9.17) is 4.74 Å². The molecular formula is C14H19F2NO. The predicted octanol–water partition coefficient (Wildman–Crippen LogP) is 3.04. The van der Waals surface area contributed by atoms with E-state index in [2.05, 4.69) is 5.32 Å². The highest BCUT2D eigenvalue weighted by Gasteiger charge is 2.16. The van der Waals surface area contributed by atoms with E-state index in [1.807, 2.05) is 6.92 Å². The number of halogens is 2. The first-order valence-electron chi connectivity index (χ1n) is 6.43. The minimum absolute atomic E-state index is 0.177. The summed E-state index contributed by atoms with van der Waals surface area (Å²) in [6.45, 7) is 4.28. The first kappa shape index (κ1) is 13.4. The SMILES string of the molecule is CC(NCC1CCOCC1)c1cc(F)ccc1F. The molecule has 1 N–H and O–H groups in total. The van der Waals surface area contributed by atoms with Gasteiger partial charge in [-0.3, -0.25) is 0 Å². The molecule has 0 saturated carbocycles. The molecule has 0 bridgehead atoms. The van der Waals surface area contributed by atoms with Gasteiger partial charge < -0.3 is 10.1 Å². The number of rotatable bonds is 4. The van der Waals surface area contributed by atoms with E-state index in [0.717, 1.165) is 38.7 Å². The van der Waals surface area contributed by atoms with Crippen molar-refractivity contribution in [1.29, 1.82) is 0 Å². The maximum atomic E-state index is 13.6. The lowest BCUT2D eigenvalue weighted by Crippen LogP contribution is -2.30. The minimum atomic E-state index is -0.397. The van der Waals surface area contributed by atoms with Crippen molar-refractivity contribution in [3.63, 3.8) is 0 Å². The fraction of sp³-hybridized carbons (Fsp3) is 0.571. The monoisotopic (exact) mass is 255 g/mol. The molecule has 0 amide bonds. The summed E-state index contributed by atoms with van der Waals surface area (Å²) in [5, 5.41) is 3.27. The van der Waals surface area contributed by atoms with Crippen molar-refractivity contribution in [2.75, 3.05) is 19.8 Å². The summed E-state index contributed by atoms with van der Waals surface area (Å²) in [5.74, 6) is -0.188. The van der Waals surface area contributed by atoms with Gasteiger partial charge in [-0.2, -0.15) is 0 Å². The average molecular weight is 255 g/mol. The van der Waals surface area contributed by atoms with E-state index in [1.54, 1.807) is 0 Å². The summed E-state index contributed by atoms with van der Waals surface area (Å²) in [7, 11) is 0. The molecule has 1 aromatic carbocycles. The van der Waals surface area contributed by atoms with E-state index >= 15 is 0 Å². The zero-order valence-corrected chi connectivity index (χ0v) is 10.6. The van der Waals surface area contributed by atoms with Crippen molar-refractivity contribution in [2.24, 2.45) is 5.92 Å². The van der Waals surface area contributed by atoms with Gasteiger partial charge in [0.05, 0.1) is 0 Å². The van der Waals surface area contributed by atoms with Crippen LogP contribution in [0.15, 0.2) is 18.2 Å². The minimum Gasteiger partial charge on any atom is -0.381 e. The summed E-state index contributed by atoms with van der Waals surface area (Å²) >= 11 is 0. The van der Waals surface area contributed by atoms with Crippen LogP contribution in [0.3, 0.4) is 0 Å². The fourth-order valence-corrected chi connectivity index (χ4v) is 2.25. The molecular weight excluding hydrogens is 236 g/mol. The van der Waals surface area contributed by atoms with Crippen molar-refractivity contribution in [1.82, 2.24) is 5.32 Å². The zero-order chi connectivity index (χ0) is 13.0. The Hall–Kier alpha value is -1.00. The number of nitrogens with one attached hydrogen (secondary N) is 1.